The molecular formula is C25H25N9. The van der Waals surface area contributed by atoms with Crippen molar-refractivity contribution in [2.75, 3.05) is 10.6 Å². The first-order valence-electron chi connectivity index (χ1n) is 11.5. The normalized spacial score (nSPS) is 18.3. The number of rotatable bonds is 5. The monoisotopic (exact) mass is 451 g/mol. The zero-order valence-corrected chi connectivity index (χ0v) is 18.6. The van der Waals surface area contributed by atoms with Gasteiger partial charge < -0.3 is 16.4 Å². The number of pyridine rings is 1. The van der Waals surface area contributed by atoms with Gasteiger partial charge in [-0.25, -0.2) is 24.5 Å². The van der Waals surface area contributed by atoms with Gasteiger partial charge in [0, 0.05) is 35.4 Å². The van der Waals surface area contributed by atoms with Crippen molar-refractivity contribution in [1.82, 2.24) is 29.5 Å². The summed E-state index contributed by atoms with van der Waals surface area (Å²) in [6.07, 6.45) is 9.54. The highest BCUT2D eigenvalue weighted by Crippen LogP contribution is 2.24. The predicted octanol–water partition coefficient (Wildman–Crippen LogP) is 4.16. The highest BCUT2D eigenvalue weighted by atomic mass is 15.3. The van der Waals surface area contributed by atoms with Crippen molar-refractivity contribution >= 4 is 34.1 Å². The topological polar surface area (TPSA) is 119 Å². The first-order valence-corrected chi connectivity index (χ1v) is 11.5. The lowest BCUT2D eigenvalue weighted by molar-refractivity contribution is 0.410. The van der Waals surface area contributed by atoms with Crippen LogP contribution >= 0.6 is 0 Å². The largest absolute Gasteiger partial charge is 0.366 e. The second-order valence-electron chi connectivity index (χ2n) is 8.70. The van der Waals surface area contributed by atoms with E-state index in [1.165, 1.54) is 0 Å². The van der Waals surface area contributed by atoms with Crippen molar-refractivity contribution < 1.29 is 0 Å². The summed E-state index contributed by atoms with van der Waals surface area (Å²) in [5.74, 6) is 2.00. The van der Waals surface area contributed by atoms with Crippen molar-refractivity contribution in [3.8, 4) is 11.3 Å². The molecule has 34 heavy (non-hydrogen) atoms. The average molecular weight is 452 g/mol. The lowest BCUT2D eigenvalue weighted by Gasteiger charge is -2.27. The van der Waals surface area contributed by atoms with E-state index in [1.807, 2.05) is 53.0 Å². The van der Waals surface area contributed by atoms with E-state index in [-0.39, 0.29) is 0 Å². The fourth-order valence-corrected chi connectivity index (χ4v) is 4.39. The Hall–Kier alpha value is -4.11. The van der Waals surface area contributed by atoms with Crippen LogP contribution in [0.2, 0.25) is 0 Å². The highest BCUT2D eigenvalue weighted by Gasteiger charge is 2.19. The molecule has 0 amide bonds. The molecule has 1 saturated carbocycles. The number of anilines is 3. The Kier molecular flexibility index (Phi) is 5.23. The summed E-state index contributed by atoms with van der Waals surface area (Å²) in [6.45, 7) is 0. The maximum Gasteiger partial charge on any atom is 0.228 e. The standard InChI is InChI=1S/C25H25N9/c26-18-6-8-19(9-7-18)30-23-11-12-24-27-15-21(34(24)33-23)17-13-28-25(29-14-17)32-22-10-5-16-3-1-2-4-20(16)31-22/h1-5,10-15,18-19H,6-9,26H2,(H,30,33)(H,28,29,31,32)/t18-,19-. The molecule has 0 atom stereocenters. The smallest absolute Gasteiger partial charge is 0.228 e. The number of nitrogens with zero attached hydrogens (tertiary/aromatic N) is 6. The van der Waals surface area contributed by atoms with Gasteiger partial charge in [0.1, 0.15) is 11.6 Å². The first kappa shape index (κ1) is 20.5. The number of benzene rings is 1. The third-order valence-corrected chi connectivity index (χ3v) is 6.27. The molecule has 4 heterocycles. The molecule has 0 aliphatic heterocycles. The van der Waals surface area contributed by atoms with Crippen LogP contribution in [0, 0.1) is 0 Å². The molecule has 0 bridgehead atoms. The van der Waals surface area contributed by atoms with Gasteiger partial charge in [-0.2, -0.15) is 0 Å². The van der Waals surface area contributed by atoms with Gasteiger partial charge in [0.15, 0.2) is 5.65 Å². The zero-order valence-electron chi connectivity index (χ0n) is 18.6. The molecule has 5 aromatic rings. The van der Waals surface area contributed by atoms with Gasteiger partial charge in [0.05, 0.1) is 17.4 Å². The lowest BCUT2D eigenvalue weighted by Crippen LogP contribution is -2.33. The molecule has 170 valence electrons. The van der Waals surface area contributed by atoms with Crippen LogP contribution in [0.15, 0.2) is 67.1 Å². The van der Waals surface area contributed by atoms with Gasteiger partial charge in [-0.1, -0.05) is 18.2 Å². The Morgan fingerprint density at radius 3 is 2.47 bits per heavy atom. The highest BCUT2D eigenvalue weighted by molar-refractivity contribution is 5.80. The molecule has 0 spiro atoms. The molecule has 0 unspecified atom stereocenters. The van der Waals surface area contributed by atoms with Gasteiger partial charge in [-0.05, 0) is 56.0 Å². The molecule has 1 aliphatic carbocycles. The van der Waals surface area contributed by atoms with E-state index in [9.17, 15) is 0 Å². The van der Waals surface area contributed by atoms with Crippen LogP contribution in [0.25, 0.3) is 27.8 Å². The van der Waals surface area contributed by atoms with E-state index >= 15 is 0 Å². The summed E-state index contributed by atoms with van der Waals surface area (Å²) in [5, 5.41) is 12.6. The summed E-state index contributed by atoms with van der Waals surface area (Å²) in [5.41, 5.74) is 9.39. The van der Waals surface area contributed by atoms with Crippen LogP contribution in [0.3, 0.4) is 0 Å². The number of para-hydroxylation sites is 1. The van der Waals surface area contributed by atoms with E-state index in [1.54, 1.807) is 18.6 Å². The molecule has 6 rings (SSSR count). The molecule has 0 radical (unpaired) electrons. The Bertz CT molecular complexity index is 1440. The van der Waals surface area contributed by atoms with Crippen LogP contribution in [-0.2, 0) is 0 Å². The van der Waals surface area contributed by atoms with Gasteiger partial charge >= 0.3 is 0 Å². The van der Waals surface area contributed by atoms with E-state index < -0.39 is 0 Å². The van der Waals surface area contributed by atoms with Crippen LogP contribution in [0.5, 0.6) is 0 Å². The van der Waals surface area contributed by atoms with Gasteiger partial charge in [0.2, 0.25) is 5.95 Å². The third kappa shape index (κ3) is 4.13. The van der Waals surface area contributed by atoms with Crippen LogP contribution in [0.1, 0.15) is 25.7 Å². The molecule has 4 aromatic heterocycles. The lowest BCUT2D eigenvalue weighted by atomic mass is 9.92. The number of aromatic nitrogens is 6. The van der Waals surface area contributed by atoms with E-state index in [0.717, 1.165) is 59.3 Å². The molecule has 1 aliphatic rings. The van der Waals surface area contributed by atoms with E-state index in [0.29, 0.717) is 23.8 Å². The number of fused-ring (bicyclic) bond motifs is 2. The number of hydrogen-bond acceptors (Lipinski definition) is 8. The predicted molar refractivity (Wildman–Crippen MR) is 133 cm³/mol. The van der Waals surface area contributed by atoms with Crippen molar-refractivity contribution in [3.05, 3.63) is 67.1 Å². The molecule has 4 N–H and O–H groups in total. The molecule has 9 nitrogen and oxygen atoms in total. The van der Waals surface area contributed by atoms with E-state index in [4.69, 9.17) is 10.8 Å². The minimum Gasteiger partial charge on any atom is -0.366 e. The Balaban J connectivity index is 1.21. The number of nitrogens with two attached hydrogens (primary N) is 1. The number of hydrogen-bond donors (Lipinski definition) is 3. The van der Waals surface area contributed by atoms with Crippen LogP contribution < -0.4 is 16.4 Å². The molecule has 1 aromatic carbocycles. The first-order chi connectivity index (χ1) is 16.7. The minimum absolute atomic E-state index is 0.322. The minimum atomic E-state index is 0.322. The van der Waals surface area contributed by atoms with Crippen LogP contribution in [0.4, 0.5) is 17.6 Å². The summed E-state index contributed by atoms with van der Waals surface area (Å²) in [7, 11) is 0. The van der Waals surface area contributed by atoms with Crippen molar-refractivity contribution in [2.45, 2.75) is 37.8 Å². The maximum atomic E-state index is 6.04. The fourth-order valence-electron chi connectivity index (χ4n) is 4.39. The number of imidazole rings is 1. The summed E-state index contributed by atoms with van der Waals surface area (Å²) < 4.78 is 1.83. The molecular weight excluding hydrogens is 426 g/mol. The summed E-state index contributed by atoms with van der Waals surface area (Å²) in [6, 6.07) is 16.6. The van der Waals surface area contributed by atoms with E-state index in [2.05, 4.69) is 30.6 Å². The molecule has 9 heteroatoms. The third-order valence-electron chi connectivity index (χ3n) is 6.27. The quantitative estimate of drug-likeness (QED) is 0.364. The van der Waals surface area contributed by atoms with Gasteiger partial charge in [0.25, 0.3) is 0 Å². The second kappa shape index (κ2) is 8.68. The Labute approximate surface area is 196 Å². The van der Waals surface area contributed by atoms with Crippen molar-refractivity contribution in [3.63, 3.8) is 0 Å². The number of nitrogens with one attached hydrogen (secondary N) is 2. The van der Waals surface area contributed by atoms with Crippen molar-refractivity contribution in [1.29, 1.82) is 0 Å². The Morgan fingerprint density at radius 1 is 0.824 bits per heavy atom. The second-order valence-corrected chi connectivity index (χ2v) is 8.70. The van der Waals surface area contributed by atoms with Gasteiger partial charge in [-0.3, -0.25) is 0 Å². The fraction of sp³-hybridized carbons (Fsp3) is 0.240. The summed E-state index contributed by atoms with van der Waals surface area (Å²) in [4.78, 5) is 18.1. The van der Waals surface area contributed by atoms with Gasteiger partial charge in [-0.15, -0.1) is 5.10 Å². The van der Waals surface area contributed by atoms with Crippen molar-refractivity contribution in [2.24, 2.45) is 5.73 Å². The van der Waals surface area contributed by atoms with Crippen LogP contribution in [-0.4, -0.2) is 41.6 Å². The summed E-state index contributed by atoms with van der Waals surface area (Å²) >= 11 is 0. The average Bonchev–Trinajstić information content (AvgIpc) is 3.29. The Morgan fingerprint density at radius 2 is 1.62 bits per heavy atom. The molecule has 1 fully saturated rings. The maximum absolute atomic E-state index is 6.04. The molecule has 0 saturated heterocycles. The SMILES string of the molecule is N[C@H]1CC[C@H](Nc2ccc3ncc(-c4cnc(Nc5ccc6ccccc6n5)nc4)n3n2)CC1. The zero-order chi connectivity index (χ0) is 22.9.